The fourth-order valence-corrected chi connectivity index (χ4v) is 3.00. The van der Waals surface area contributed by atoms with Crippen LogP contribution in [0.3, 0.4) is 0 Å². The zero-order chi connectivity index (χ0) is 18.2. The summed E-state index contributed by atoms with van der Waals surface area (Å²) in [7, 11) is 0. The molecule has 0 spiro atoms. The minimum absolute atomic E-state index is 0.0213. The first-order chi connectivity index (χ1) is 11.8. The van der Waals surface area contributed by atoms with Crippen molar-refractivity contribution < 1.29 is 22.9 Å². The Bertz CT molecular complexity index is 683. The van der Waals surface area contributed by atoms with Crippen molar-refractivity contribution in [2.45, 2.75) is 6.18 Å². The number of hydrogen-bond acceptors (Lipinski definition) is 5. The largest absolute Gasteiger partial charge is 0.416 e. The summed E-state index contributed by atoms with van der Waals surface area (Å²) < 4.78 is 38.3. The monoisotopic (exact) mass is 358 g/mol. The summed E-state index contributed by atoms with van der Waals surface area (Å²) in [5.41, 5.74) is -1.47. The second-order valence-corrected chi connectivity index (χ2v) is 6.13. The zero-order valence-corrected chi connectivity index (χ0v) is 13.3. The molecular weight excluding hydrogens is 341 g/mol. The molecule has 1 N–H and O–H groups in total. The maximum absolute atomic E-state index is 12.8. The molecule has 0 atom stereocenters. The summed E-state index contributed by atoms with van der Waals surface area (Å²) in [4.78, 5) is 25.9. The number of amides is 1. The number of carbonyl (C=O) groups excluding carboxylic acids is 1. The van der Waals surface area contributed by atoms with Gasteiger partial charge in [-0.15, -0.1) is 0 Å². The van der Waals surface area contributed by atoms with Gasteiger partial charge in [-0.25, -0.2) is 0 Å². The van der Waals surface area contributed by atoms with Gasteiger partial charge in [0.05, 0.1) is 16.4 Å². The molecule has 2 heterocycles. The summed E-state index contributed by atoms with van der Waals surface area (Å²) >= 11 is 0. The highest BCUT2D eigenvalue weighted by Gasteiger charge is 2.35. The van der Waals surface area contributed by atoms with E-state index in [2.05, 4.69) is 5.32 Å². The van der Waals surface area contributed by atoms with Gasteiger partial charge in [-0.1, -0.05) is 0 Å². The molecule has 0 bridgehead atoms. The van der Waals surface area contributed by atoms with Gasteiger partial charge in [0, 0.05) is 45.3 Å². The first kappa shape index (κ1) is 17.5. The number of nitrogens with zero attached hydrogens (tertiary/aromatic N) is 3. The van der Waals surface area contributed by atoms with E-state index in [1.54, 1.807) is 9.80 Å². The third-order valence-electron chi connectivity index (χ3n) is 4.56. The molecule has 0 aliphatic carbocycles. The molecule has 136 valence electrons. The maximum atomic E-state index is 12.8. The summed E-state index contributed by atoms with van der Waals surface area (Å²) in [5.74, 6) is 0.0345. The van der Waals surface area contributed by atoms with Crippen molar-refractivity contribution in [2.75, 3.05) is 44.2 Å². The highest BCUT2D eigenvalue weighted by atomic mass is 19.4. The average molecular weight is 358 g/mol. The van der Waals surface area contributed by atoms with Gasteiger partial charge in [0.25, 0.3) is 5.69 Å². The lowest BCUT2D eigenvalue weighted by Crippen LogP contribution is -2.56. The van der Waals surface area contributed by atoms with Crippen molar-refractivity contribution in [3.8, 4) is 0 Å². The Labute approximate surface area is 141 Å². The van der Waals surface area contributed by atoms with E-state index in [-0.39, 0.29) is 17.5 Å². The summed E-state index contributed by atoms with van der Waals surface area (Å²) in [6, 6.07) is 2.54. The quantitative estimate of drug-likeness (QED) is 0.654. The van der Waals surface area contributed by atoms with Crippen molar-refractivity contribution in [3.05, 3.63) is 33.9 Å². The third kappa shape index (κ3) is 3.53. The van der Waals surface area contributed by atoms with E-state index in [0.717, 1.165) is 12.1 Å². The van der Waals surface area contributed by atoms with E-state index in [1.165, 1.54) is 0 Å². The summed E-state index contributed by atoms with van der Waals surface area (Å²) in [6.07, 6.45) is -4.63. The Morgan fingerprint density at radius 3 is 2.32 bits per heavy atom. The molecule has 0 unspecified atom stereocenters. The van der Waals surface area contributed by atoms with Gasteiger partial charge in [0.15, 0.2) is 0 Å². The maximum Gasteiger partial charge on any atom is 0.416 e. The number of carbonyl (C=O) groups is 1. The van der Waals surface area contributed by atoms with E-state index in [4.69, 9.17) is 0 Å². The van der Waals surface area contributed by atoms with Crippen LogP contribution in [0.1, 0.15) is 5.56 Å². The lowest BCUT2D eigenvalue weighted by Gasteiger charge is -2.39. The normalized spacial score (nSPS) is 18.8. The molecule has 25 heavy (non-hydrogen) atoms. The van der Waals surface area contributed by atoms with Crippen LogP contribution in [0.2, 0.25) is 0 Å². The van der Waals surface area contributed by atoms with E-state index in [0.29, 0.717) is 45.3 Å². The number of nitro groups is 1. The smallest absolute Gasteiger partial charge is 0.362 e. The highest BCUT2D eigenvalue weighted by molar-refractivity contribution is 5.80. The molecule has 2 aliphatic rings. The van der Waals surface area contributed by atoms with Gasteiger partial charge in [-0.3, -0.25) is 14.9 Å². The van der Waals surface area contributed by atoms with E-state index >= 15 is 0 Å². The second-order valence-electron chi connectivity index (χ2n) is 6.13. The Morgan fingerprint density at radius 1 is 1.20 bits per heavy atom. The molecule has 10 heteroatoms. The molecule has 2 saturated heterocycles. The van der Waals surface area contributed by atoms with Crippen LogP contribution >= 0.6 is 0 Å². The van der Waals surface area contributed by atoms with Gasteiger partial charge in [-0.2, -0.15) is 13.2 Å². The van der Waals surface area contributed by atoms with Crippen LogP contribution in [0, 0.1) is 16.0 Å². The van der Waals surface area contributed by atoms with Crippen LogP contribution in [0.4, 0.5) is 24.5 Å². The van der Waals surface area contributed by atoms with E-state index in [9.17, 15) is 28.1 Å². The minimum Gasteiger partial charge on any atom is -0.362 e. The predicted octanol–water partition coefficient (Wildman–Crippen LogP) is 1.48. The molecule has 0 radical (unpaired) electrons. The molecule has 3 rings (SSSR count). The molecule has 0 saturated carbocycles. The van der Waals surface area contributed by atoms with Crippen LogP contribution in [0.5, 0.6) is 0 Å². The number of anilines is 1. The van der Waals surface area contributed by atoms with Crippen molar-refractivity contribution in [2.24, 2.45) is 5.92 Å². The predicted molar refractivity (Wildman–Crippen MR) is 83.3 cm³/mol. The SMILES string of the molecule is O=C(C1CNC1)N1CCN(c2ccc(C(F)(F)F)cc2[N+](=O)[O-])CC1. The van der Waals surface area contributed by atoms with Gasteiger partial charge < -0.3 is 15.1 Å². The molecule has 2 fully saturated rings. The topological polar surface area (TPSA) is 78.7 Å². The fraction of sp³-hybridized carbons (Fsp3) is 0.533. The molecule has 1 aromatic rings. The number of benzene rings is 1. The van der Waals surface area contributed by atoms with E-state index < -0.39 is 22.4 Å². The zero-order valence-electron chi connectivity index (χ0n) is 13.3. The number of alkyl halides is 3. The molecular formula is C15H17F3N4O3. The van der Waals surface area contributed by atoms with Crippen molar-refractivity contribution in [1.82, 2.24) is 10.2 Å². The second kappa shape index (κ2) is 6.51. The lowest BCUT2D eigenvalue weighted by atomic mass is 10.0. The fourth-order valence-electron chi connectivity index (χ4n) is 3.00. The van der Waals surface area contributed by atoms with Gasteiger partial charge in [0.1, 0.15) is 5.69 Å². The highest BCUT2D eigenvalue weighted by Crippen LogP contribution is 2.36. The first-order valence-corrected chi connectivity index (χ1v) is 7.87. The average Bonchev–Trinajstić information content (AvgIpc) is 2.52. The Kier molecular flexibility index (Phi) is 4.55. The molecule has 0 aromatic heterocycles. The number of nitro benzene ring substituents is 1. The number of piperazine rings is 1. The van der Waals surface area contributed by atoms with Crippen LogP contribution in [-0.4, -0.2) is 55.0 Å². The van der Waals surface area contributed by atoms with Gasteiger partial charge in [0.2, 0.25) is 5.91 Å². The van der Waals surface area contributed by atoms with Crippen molar-refractivity contribution >= 4 is 17.3 Å². The van der Waals surface area contributed by atoms with Gasteiger partial charge in [-0.05, 0) is 12.1 Å². The Balaban J connectivity index is 1.74. The number of halogens is 3. The van der Waals surface area contributed by atoms with Crippen molar-refractivity contribution in [3.63, 3.8) is 0 Å². The Hall–Kier alpha value is -2.36. The standard InChI is InChI=1S/C15H17F3N4O3/c16-15(17,18)11-1-2-12(13(7-11)22(24)25)20-3-5-21(6-4-20)14(23)10-8-19-9-10/h1-2,7,10,19H,3-6,8-9H2. The first-order valence-electron chi connectivity index (χ1n) is 7.87. The lowest BCUT2D eigenvalue weighted by molar-refractivity contribution is -0.384. The minimum atomic E-state index is -4.63. The molecule has 1 aromatic carbocycles. The summed E-state index contributed by atoms with van der Waals surface area (Å²) in [6.45, 7) is 2.80. The van der Waals surface area contributed by atoms with Crippen LogP contribution in [0.15, 0.2) is 18.2 Å². The van der Waals surface area contributed by atoms with E-state index in [1.807, 2.05) is 0 Å². The summed E-state index contributed by atoms with van der Waals surface area (Å²) in [5, 5.41) is 14.2. The number of rotatable bonds is 3. The third-order valence-corrected chi connectivity index (χ3v) is 4.56. The number of hydrogen-bond donors (Lipinski definition) is 1. The van der Waals surface area contributed by atoms with Crippen LogP contribution in [-0.2, 0) is 11.0 Å². The van der Waals surface area contributed by atoms with Gasteiger partial charge >= 0.3 is 6.18 Å². The Morgan fingerprint density at radius 2 is 1.84 bits per heavy atom. The van der Waals surface area contributed by atoms with Crippen LogP contribution < -0.4 is 10.2 Å². The number of nitrogens with one attached hydrogen (secondary N) is 1. The molecule has 7 nitrogen and oxygen atoms in total. The van der Waals surface area contributed by atoms with Crippen LogP contribution in [0.25, 0.3) is 0 Å². The van der Waals surface area contributed by atoms with Crippen molar-refractivity contribution in [1.29, 1.82) is 0 Å². The molecule has 2 aliphatic heterocycles. The molecule has 1 amide bonds.